The summed E-state index contributed by atoms with van der Waals surface area (Å²) in [5, 5.41) is 24.4. The van der Waals surface area contributed by atoms with Crippen molar-refractivity contribution in [3.05, 3.63) is 0 Å². The van der Waals surface area contributed by atoms with E-state index in [1.807, 2.05) is 0 Å². The van der Waals surface area contributed by atoms with Crippen LogP contribution < -0.4 is 0 Å². The van der Waals surface area contributed by atoms with Crippen molar-refractivity contribution in [2.45, 2.75) is 6.10 Å². The lowest BCUT2D eigenvalue weighted by atomic mass is 10.4. The molecule has 0 unspecified atom stereocenters. The zero-order chi connectivity index (χ0) is 11.8. The summed E-state index contributed by atoms with van der Waals surface area (Å²) in [6.45, 7) is -1.29. The van der Waals surface area contributed by atoms with Gasteiger partial charge < -0.3 is 29.5 Å². The smallest absolute Gasteiger partial charge is 0.450 e. The number of hydrogen-bond donors (Lipinski definition) is 3. The first-order valence-electron chi connectivity index (χ1n) is 3.53. The maximum Gasteiger partial charge on any atom is 0.506 e. The van der Waals surface area contributed by atoms with Gasteiger partial charge in [0.15, 0.2) is 6.10 Å². The van der Waals surface area contributed by atoms with Crippen molar-refractivity contribution in [3.8, 4) is 0 Å². The molecule has 0 aromatic carbocycles. The highest BCUT2D eigenvalue weighted by atomic mass is 16.7. The van der Waals surface area contributed by atoms with Crippen LogP contribution in [-0.4, -0.2) is 53.1 Å². The van der Waals surface area contributed by atoms with E-state index in [-0.39, 0.29) is 0 Å². The standard InChI is InChI=1S/C6H8O9/c7-4(8)13-1-3(15-6(11)12)2-14-5(9)10/h3H,1-2H2,(H,7,8)(H,9,10)(H,11,12). The lowest BCUT2D eigenvalue weighted by molar-refractivity contribution is -0.0274. The third-order valence-electron chi connectivity index (χ3n) is 1.05. The molecular formula is C6H8O9. The molecule has 0 fully saturated rings. The van der Waals surface area contributed by atoms with E-state index in [0.717, 1.165) is 0 Å². The molecule has 3 N–H and O–H groups in total. The van der Waals surface area contributed by atoms with E-state index in [0.29, 0.717) is 0 Å². The molecule has 0 heterocycles. The van der Waals surface area contributed by atoms with E-state index in [1.165, 1.54) is 0 Å². The van der Waals surface area contributed by atoms with E-state index in [1.54, 1.807) is 0 Å². The number of carboxylic acid groups (broad SMARTS) is 3. The Morgan fingerprint density at radius 2 is 1.27 bits per heavy atom. The molecular weight excluding hydrogens is 216 g/mol. The largest absolute Gasteiger partial charge is 0.506 e. The average Bonchev–Trinajstić information content (AvgIpc) is 2.08. The minimum atomic E-state index is -1.69. The Labute approximate surface area is 82.8 Å². The topological polar surface area (TPSA) is 140 Å². The molecule has 0 spiro atoms. The second kappa shape index (κ2) is 6.29. The van der Waals surface area contributed by atoms with Crippen LogP contribution in [0.25, 0.3) is 0 Å². The first kappa shape index (κ1) is 12.8. The van der Waals surface area contributed by atoms with Crippen LogP contribution >= 0.6 is 0 Å². The van der Waals surface area contributed by atoms with Crippen LogP contribution in [0.1, 0.15) is 0 Å². The Balaban J connectivity index is 3.99. The molecule has 15 heavy (non-hydrogen) atoms. The molecule has 86 valence electrons. The highest BCUT2D eigenvalue weighted by Crippen LogP contribution is 1.97. The fourth-order valence-electron chi connectivity index (χ4n) is 0.587. The molecule has 0 radical (unpaired) electrons. The van der Waals surface area contributed by atoms with Gasteiger partial charge >= 0.3 is 18.5 Å². The SMILES string of the molecule is O=C(O)OCC(COC(=O)O)OC(=O)O. The normalized spacial score (nSPS) is 9.40. The minimum Gasteiger partial charge on any atom is -0.450 e. The second-order valence-corrected chi connectivity index (χ2v) is 2.16. The van der Waals surface area contributed by atoms with E-state index in [2.05, 4.69) is 14.2 Å². The quantitative estimate of drug-likeness (QED) is 0.448. The van der Waals surface area contributed by atoms with Crippen molar-refractivity contribution in [1.29, 1.82) is 0 Å². The van der Waals surface area contributed by atoms with Crippen molar-refractivity contribution in [2.24, 2.45) is 0 Å². The van der Waals surface area contributed by atoms with Gasteiger partial charge in [-0.05, 0) is 0 Å². The maximum absolute atomic E-state index is 10.1. The summed E-state index contributed by atoms with van der Waals surface area (Å²) >= 11 is 0. The van der Waals surface area contributed by atoms with Crippen molar-refractivity contribution in [2.75, 3.05) is 13.2 Å². The van der Waals surface area contributed by atoms with Crippen LogP contribution in [-0.2, 0) is 14.2 Å². The van der Waals surface area contributed by atoms with Crippen LogP contribution in [0.2, 0.25) is 0 Å². The molecule has 0 aliphatic heterocycles. The molecule has 0 atom stereocenters. The van der Waals surface area contributed by atoms with E-state index >= 15 is 0 Å². The van der Waals surface area contributed by atoms with Gasteiger partial charge in [-0.25, -0.2) is 14.4 Å². The van der Waals surface area contributed by atoms with Crippen LogP contribution in [0.5, 0.6) is 0 Å². The molecule has 0 bridgehead atoms. The third-order valence-corrected chi connectivity index (χ3v) is 1.05. The maximum atomic E-state index is 10.1. The first-order chi connectivity index (χ1) is 6.91. The first-order valence-corrected chi connectivity index (χ1v) is 3.53. The van der Waals surface area contributed by atoms with Gasteiger partial charge in [0.1, 0.15) is 13.2 Å². The summed E-state index contributed by atoms with van der Waals surface area (Å²) in [5.74, 6) is 0. The summed E-state index contributed by atoms with van der Waals surface area (Å²) in [6.07, 6.45) is -6.29. The van der Waals surface area contributed by atoms with E-state index in [9.17, 15) is 14.4 Å². The van der Waals surface area contributed by atoms with Crippen LogP contribution in [0.4, 0.5) is 14.4 Å². The van der Waals surface area contributed by atoms with Gasteiger partial charge in [0.05, 0.1) is 0 Å². The van der Waals surface area contributed by atoms with Gasteiger partial charge in [0.25, 0.3) is 0 Å². The summed E-state index contributed by atoms with van der Waals surface area (Å²) in [5.41, 5.74) is 0. The molecule has 0 saturated carbocycles. The van der Waals surface area contributed by atoms with Gasteiger partial charge in [0.2, 0.25) is 0 Å². The fourth-order valence-corrected chi connectivity index (χ4v) is 0.587. The highest BCUT2D eigenvalue weighted by molar-refractivity contribution is 5.58. The molecule has 0 aliphatic rings. The molecule has 9 heteroatoms. The number of carbonyl (C=O) groups is 3. The Hall–Kier alpha value is -2.19. The Bertz CT molecular complexity index is 229. The highest BCUT2D eigenvalue weighted by Gasteiger charge is 2.18. The lowest BCUT2D eigenvalue weighted by Crippen LogP contribution is -2.29. The van der Waals surface area contributed by atoms with Gasteiger partial charge in [0, 0.05) is 0 Å². The Kier molecular flexibility index (Phi) is 5.37. The molecule has 0 saturated heterocycles. The van der Waals surface area contributed by atoms with Crippen LogP contribution in [0.3, 0.4) is 0 Å². The van der Waals surface area contributed by atoms with Gasteiger partial charge in [-0.1, -0.05) is 0 Å². The number of hydrogen-bond acceptors (Lipinski definition) is 6. The summed E-state index contributed by atoms with van der Waals surface area (Å²) in [7, 11) is 0. The summed E-state index contributed by atoms with van der Waals surface area (Å²) < 4.78 is 12.1. The number of ether oxygens (including phenoxy) is 3. The summed E-state index contributed by atoms with van der Waals surface area (Å²) in [6, 6.07) is 0. The second-order valence-electron chi connectivity index (χ2n) is 2.16. The molecule has 9 nitrogen and oxygen atoms in total. The Morgan fingerprint density at radius 1 is 0.867 bits per heavy atom. The van der Waals surface area contributed by atoms with Crippen molar-refractivity contribution >= 4 is 18.5 Å². The van der Waals surface area contributed by atoms with E-state index < -0.39 is 37.8 Å². The molecule has 0 aliphatic carbocycles. The van der Waals surface area contributed by atoms with Crippen molar-refractivity contribution in [1.82, 2.24) is 0 Å². The average molecular weight is 224 g/mol. The van der Waals surface area contributed by atoms with Crippen molar-refractivity contribution in [3.63, 3.8) is 0 Å². The molecule has 0 amide bonds. The summed E-state index contributed by atoms with van der Waals surface area (Å²) in [4.78, 5) is 30.0. The molecule has 0 aromatic heterocycles. The van der Waals surface area contributed by atoms with Gasteiger partial charge in [-0.2, -0.15) is 0 Å². The zero-order valence-corrected chi connectivity index (χ0v) is 7.28. The van der Waals surface area contributed by atoms with Gasteiger partial charge in [-0.15, -0.1) is 0 Å². The van der Waals surface area contributed by atoms with Gasteiger partial charge in [-0.3, -0.25) is 0 Å². The molecule has 0 rings (SSSR count). The number of rotatable bonds is 5. The lowest BCUT2D eigenvalue weighted by Gasteiger charge is -2.13. The monoisotopic (exact) mass is 224 g/mol. The predicted molar refractivity (Wildman–Crippen MR) is 40.9 cm³/mol. The Morgan fingerprint density at radius 3 is 1.53 bits per heavy atom. The fraction of sp³-hybridized carbons (Fsp3) is 0.500. The van der Waals surface area contributed by atoms with Crippen LogP contribution in [0.15, 0.2) is 0 Å². The third kappa shape index (κ3) is 8.15. The predicted octanol–water partition coefficient (Wildman–Crippen LogP) is 0.439. The zero-order valence-electron chi connectivity index (χ0n) is 7.28. The molecule has 0 aromatic rings. The van der Waals surface area contributed by atoms with Crippen molar-refractivity contribution < 1.29 is 43.9 Å². The van der Waals surface area contributed by atoms with E-state index in [4.69, 9.17) is 15.3 Å². The minimum absolute atomic E-state index is 0.644. The van der Waals surface area contributed by atoms with Crippen LogP contribution in [0, 0.1) is 0 Å².